The molecule has 14 unspecified atom stereocenters. The number of nitrogens with zero attached hydrogens (tertiary/aromatic N) is 2. The van der Waals surface area contributed by atoms with Crippen LogP contribution in [0.4, 0.5) is 5.69 Å². The van der Waals surface area contributed by atoms with Crippen molar-refractivity contribution in [1.82, 2.24) is 4.90 Å². The molecule has 8 aliphatic carbocycles. The Bertz CT molecular complexity index is 3760. The summed E-state index contributed by atoms with van der Waals surface area (Å²) in [6, 6.07) is 29.8. The summed E-state index contributed by atoms with van der Waals surface area (Å²) in [5, 5.41) is 0. The fourth-order valence-electron chi connectivity index (χ4n) is 20.6. The van der Waals surface area contributed by atoms with Crippen LogP contribution in [0, 0.1) is 53.3 Å². The van der Waals surface area contributed by atoms with Crippen LogP contribution in [0.3, 0.4) is 0 Å². The fourth-order valence-corrected chi connectivity index (χ4v) is 20.6. The van der Waals surface area contributed by atoms with Crippen molar-refractivity contribution in [3.05, 3.63) is 215 Å². The van der Waals surface area contributed by atoms with Gasteiger partial charge in [0.05, 0.1) is 28.4 Å². The SMILES string of the molecule is CCCCCCC1CC(C2CCC(N(c3ccc(-c4ccc(CCC)cc4)cc3)C3C=CC(C4C=CC(B5OC(C)(C)C(C)(C)O5)=CC4)CC3)C=C2C)C(CCCCCC)CC1C1CC=C(N(C2C=CC(c3ccc(CCC)cc3)=CC2)C2C=CC(C3=CCC(B4OC(C)(C)C(C)(C)O4)C=C3)CC2)C=C1C. The van der Waals surface area contributed by atoms with Crippen LogP contribution in [0.25, 0.3) is 16.7 Å². The van der Waals surface area contributed by atoms with Crippen molar-refractivity contribution in [2.45, 2.75) is 316 Å². The zero-order chi connectivity index (χ0) is 74.3. The van der Waals surface area contributed by atoms with Gasteiger partial charge in [0.15, 0.2) is 0 Å². The first-order valence-electron chi connectivity index (χ1n) is 43.3. The van der Waals surface area contributed by atoms with E-state index in [9.17, 15) is 0 Å². The molecule has 13 rings (SSSR count). The molecule has 3 aromatic rings. The molecule has 0 spiro atoms. The number of unbranched alkanes of at least 4 members (excludes halogenated alkanes) is 6. The second kappa shape index (κ2) is 34.7. The van der Waals surface area contributed by atoms with Crippen LogP contribution in [0.5, 0.6) is 0 Å². The number of rotatable bonds is 28. The van der Waals surface area contributed by atoms with E-state index in [1.807, 2.05) is 0 Å². The summed E-state index contributed by atoms with van der Waals surface area (Å²) in [6.07, 6.45) is 72.9. The molecule has 10 aliphatic rings. The van der Waals surface area contributed by atoms with Crippen molar-refractivity contribution in [2.75, 3.05) is 4.90 Å². The van der Waals surface area contributed by atoms with E-state index < -0.39 is 0 Å². The Morgan fingerprint density at radius 3 is 1.55 bits per heavy atom. The van der Waals surface area contributed by atoms with Gasteiger partial charge in [-0.1, -0.05) is 268 Å². The summed E-state index contributed by atoms with van der Waals surface area (Å²) in [4.78, 5) is 5.75. The Balaban J connectivity index is 0.745. The van der Waals surface area contributed by atoms with E-state index in [4.69, 9.17) is 18.6 Å². The molecular formula is C98H136B2N2O4. The summed E-state index contributed by atoms with van der Waals surface area (Å²) >= 11 is 0. The lowest BCUT2D eigenvalue weighted by Crippen LogP contribution is -2.46. The lowest BCUT2D eigenvalue weighted by atomic mass is 9.56. The predicted molar refractivity (Wildman–Crippen MR) is 451 cm³/mol. The summed E-state index contributed by atoms with van der Waals surface area (Å²) < 4.78 is 26.1. The van der Waals surface area contributed by atoms with Crippen molar-refractivity contribution < 1.29 is 18.6 Å². The smallest absolute Gasteiger partial charge is 0.403 e. The maximum absolute atomic E-state index is 6.55. The molecule has 1 saturated carbocycles. The van der Waals surface area contributed by atoms with Crippen molar-refractivity contribution in [2.24, 2.45) is 53.3 Å². The molecular weight excluding hydrogens is 1290 g/mol. The molecule has 0 radical (unpaired) electrons. The first kappa shape index (κ1) is 78.5. The lowest BCUT2D eigenvalue weighted by Gasteiger charge is -2.50. The molecule has 2 saturated heterocycles. The van der Waals surface area contributed by atoms with Gasteiger partial charge in [0.25, 0.3) is 0 Å². The minimum atomic E-state index is -0.341. The highest BCUT2D eigenvalue weighted by Crippen LogP contribution is 2.55. The van der Waals surface area contributed by atoms with Gasteiger partial charge in [-0.05, 0) is 269 Å². The Hall–Kier alpha value is -5.63. The number of hydrogen-bond acceptors (Lipinski definition) is 6. The van der Waals surface area contributed by atoms with Crippen LogP contribution in [0.15, 0.2) is 198 Å². The van der Waals surface area contributed by atoms with Crippen molar-refractivity contribution in [1.29, 1.82) is 0 Å². The van der Waals surface area contributed by atoms with E-state index >= 15 is 0 Å². The summed E-state index contributed by atoms with van der Waals surface area (Å²) in [7, 11) is -0.511. The van der Waals surface area contributed by atoms with E-state index in [0.29, 0.717) is 59.7 Å². The molecule has 6 nitrogen and oxygen atoms in total. The van der Waals surface area contributed by atoms with Crippen LogP contribution < -0.4 is 4.90 Å². The van der Waals surface area contributed by atoms with Crippen molar-refractivity contribution >= 4 is 25.5 Å². The van der Waals surface area contributed by atoms with Crippen molar-refractivity contribution in [3.63, 3.8) is 0 Å². The maximum Gasteiger partial charge on any atom is 0.494 e. The Morgan fingerprint density at radius 2 is 1.02 bits per heavy atom. The highest BCUT2D eigenvalue weighted by Gasteiger charge is 2.55. The van der Waals surface area contributed by atoms with Crippen molar-refractivity contribution in [3.8, 4) is 11.1 Å². The maximum atomic E-state index is 6.55. The topological polar surface area (TPSA) is 43.4 Å². The van der Waals surface area contributed by atoms with E-state index in [-0.39, 0.29) is 42.5 Å². The van der Waals surface area contributed by atoms with E-state index in [1.54, 1.807) is 11.1 Å². The van der Waals surface area contributed by atoms with E-state index in [2.05, 4.69) is 277 Å². The number of aryl methyl sites for hydroxylation is 2. The quantitative estimate of drug-likeness (QED) is 0.0410. The molecule has 3 aromatic carbocycles. The van der Waals surface area contributed by atoms with Crippen LogP contribution in [-0.4, -0.2) is 65.7 Å². The molecule has 14 atom stereocenters. The average Bonchev–Trinajstić information content (AvgIpc) is 1.22. The lowest BCUT2D eigenvalue weighted by molar-refractivity contribution is 0.00578. The normalized spacial score (nSPS) is 30.9. The highest BCUT2D eigenvalue weighted by atomic mass is 16.7. The fraction of sp³-hybridized carbons (Fsp3) is 0.592. The number of benzene rings is 3. The standard InChI is InChI=1S/C98H136B2N2O4/c1-15-19-21-23-27-81-67-94(92-64-62-90(66-70(92)6)102(86-55-43-78(44-56-86)74-35-31-72(26-18-4)32-36-74)88-59-47-80(48-60-88)76-39-51-84(52-40-76)100-105-97(11,12)98(13,14)106-100)82(28-24-22-20-16-2)68-93(81)91-63-61-89(65-69(91)5)101(85-53-41-77(42-54-85)73-33-29-71(25-17-3)30-34-73)87-57-45-79(46-58-87)75-37-49-83(50-38-75)99-103-95(7,8)96(9,10)104-99/h29-39,41-45,47,49,51-53,55-57,59,61,65-66,76,79-83,85,87-88,90-94H,15-28,40,46,48,50,54,58,60,62-64,67-68H2,1-14H3. The molecule has 8 heteroatoms. The average molecular weight is 1430 g/mol. The molecule has 106 heavy (non-hydrogen) atoms. The Labute approximate surface area is 645 Å². The van der Waals surface area contributed by atoms with Gasteiger partial charge in [-0.25, -0.2) is 0 Å². The van der Waals surface area contributed by atoms with Crippen LogP contribution >= 0.6 is 0 Å². The zero-order valence-corrected chi connectivity index (χ0v) is 68.3. The van der Waals surface area contributed by atoms with Gasteiger partial charge >= 0.3 is 14.2 Å². The molecule has 0 bridgehead atoms. The van der Waals surface area contributed by atoms with Gasteiger partial charge in [-0.3, -0.25) is 0 Å². The molecule has 3 fully saturated rings. The second-order valence-corrected chi connectivity index (χ2v) is 36.6. The molecule has 0 amide bonds. The number of anilines is 1. The number of hydrogen-bond donors (Lipinski definition) is 0. The highest BCUT2D eigenvalue weighted by molar-refractivity contribution is 6.55. The van der Waals surface area contributed by atoms with Gasteiger partial charge in [-0.2, -0.15) is 0 Å². The third-order valence-electron chi connectivity index (χ3n) is 28.4. The predicted octanol–water partition coefficient (Wildman–Crippen LogP) is 25.7. The third kappa shape index (κ3) is 17.9. The molecule has 568 valence electrons. The minimum Gasteiger partial charge on any atom is -0.403 e. The molecule has 2 aliphatic heterocycles. The second-order valence-electron chi connectivity index (χ2n) is 36.6. The Morgan fingerprint density at radius 1 is 0.434 bits per heavy atom. The van der Waals surface area contributed by atoms with Gasteiger partial charge in [-0.15, -0.1) is 0 Å². The summed E-state index contributed by atoms with van der Waals surface area (Å²) in [5.74, 6) is 5.83. The van der Waals surface area contributed by atoms with Gasteiger partial charge in [0, 0.05) is 41.2 Å². The van der Waals surface area contributed by atoms with Crippen LogP contribution in [0.1, 0.15) is 268 Å². The zero-order valence-electron chi connectivity index (χ0n) is 68.3. The largest absolute Gasteiger partial charge is 0.494 e. The van der Waals surface area contributed by atoms with Gasteiger partial charge in [0.1, 0.15) is 0 Å². The summed E-state index contributed by atoms with van der Waals surface area (Å²) in [5.41, 5.74) is 15.6. The van der Waals surface area contributed by atoms with E-state index in [1.165, 1.54) is 165 Å². The van der Waals surface area contributed by atoms with Gasteiger partial charge in [0.2, 0.25) is 0 Å². The van der Waals surface area contributed by atoms with E-state index in [0.717, 1.165) is 75.5 Å². The first-order chi connectivity index (χ1) is 51.1. The molecule has 0 aromatic heterocycles. The monoisotopic (exact) mass is 1430 g/mol. The Kier molecular flexibility index (Phi) is 25.7. The number of allylic oxidation sites excluding steroid dienone is 16. The summed E-state index contributed by atoms with van der Waals surface area (Å²) in [6.45, 7) is 31.8. The van der Waals surface area contributed by atoms with Crippen LogP contribution in [-0.2, 0) is 31.5 Å². The molecule has 2 heterocycles. The first-order valence-corrected chi connectivity index (χ1v) is 43.3. The van der Waals surface area contributed by atoms with Gasteiger partial charge < -0.3 is 28.4 Å². The molecule has 0 N–H and O–H groups in total. The van der Waals surface area contributed by atoms with Crippen LogP contribution in [0.2, 0.25) is 5.82 Å². The third-order valence-corrected chi connectivity index (χ3v) is 28.4. The minimum absolute atomic E-state index is 0.208.